The molecular formula is C11H13F2N3O2. The van der Waals surface area contributed by atoms with E-state index in [4.69, 9.17) is 10.6 Å². The predicted octanol–water partition coefficient (Wildman–Crippen LogP) is 1.36. The van der Waals surface area contributed by atoms with E-state index in [1.165, 1.54) is 0 Å². The highest BCUT2D eigenvalue weighted by molar-refractivity contribution is 6.43. The number of carbonyl (C=O) groups excluding carboxylic acids is 1. The van der Waals surface area contributed by atoms with Gasteiger partial charge in [-0.15, -0.1) is 0 Å². The Bertz CT molecular complexity index is 496. The van der Waals surface area contributed by atoms with Gasteiger partial charge in [0, 0.05) is 0 Å². The van der Waals surface area contributed by atoms with E-state index >= 15 is 0 Å². The molecule has 18 heavy (non-hydrogen) atoms. The number of halogens is 2. The number of nitrogens with zero attached hydrogens (tertiary/aromatic N) is 2. The molecule has 0 radical (unpaired) electrons. The quantitative estimate of drug-likeness (QED) is 0.285. The summed E-state index contributed by atoms with van der Waals surface area (Å²) in [4.78, 5) is 14.7. The molecular weight excluding hydrogens is 244 g/mol. The molecule has 0 atom stereocenters. The van der Waals surface area contributed by atoms with Gasteiger partial charge in [0.05, 0.1) is 5.56 Å². The molecule has 0 amide bonds. The highest BCUT2D eigenvalue weighted by Gasteiger charge is 2.25. The Morgan fingerprint density at radius 3 is 2.44 bits per heavy atom. The molecule has 0 saturated heterocycles. The van der Waals surface area contributed by atoms with E-state index in [0.717, 1.165) is 12.1 Å². The van der Waals surface area contributed by atoms with Gasteiger partial charge in [0.1, 0.15) is 5.60 Å². The number of nitrogens with two attached hydrogens (primary N) is 1. The van der Waals surface area contributed by atoms with Crippen LogP contribution in [0, 0.1) is 11.9 Å². The van der Waals surface area contributed by atoms with Crippen molar-refractivity contribution >= 4 is 11.7 Å². The van der Waals surface area contributed by atoms with Crippen molar-refractivity contribution in [1.29, 1.82) is 0 Å². The third-order valence-corrected chi connectivity index (χ3v) is 1.79. The molecule has 1 aromatic heterocycles. The van der Waals surface area contributed by atoms with Crippen LogP contribution in [0.2, 0.25) is 0 Å². The molecule has 1 heterocycles. The lowest BCUT2D eigenvalue weighted by molar-refractivity contribution is -0.146. The lowest BCUT2D eigenvalue weighted by Gasteiger charge is -2.19. The average Bonchev–Trinajstić information content (AvgIpc) is 2.19. The van der Waals surface area contributed by atoms with Crippen LogP contribution in [0.4, 0.5) is 8.78 Å². The number of hydrogen-bond donors (Lipinski definition) is 1. The number of esters is 1. The number of hydrazone groups is 1. The third kappa shape index (κ3) is 3.47. The van der Waals surface area contributed by atoms with E-state index < -0.39 is 29.2 Å². The highest BCUT2D eigenvalue weighted by Crippen LogP contribution is 2.12. The summed E-state index contributed by atoms with van der Waals surface area (Å²) < 4.78 is 31.0. The van der Waals surface area contributed by atoms with Gasteiger partial charge >= 0.3 is 5.97 Å². The van der Waals surface area contributed by atoms with Crippen LogP contribution in [-0.2, 0) is 9.53 Å². The van der Waals surface area contributed by atoms with Gasteiger partial charge in [0.15, 0.2) is 5.71 Å². The minimum Gasteiger partial charge on any atom is -0.455 e. The maximum atomic E-state index is 13.4. The normalized spacial score (nSPS) is 12.4. The van der Waals surface area contributed by atoms with Gasteiger partial charge in [0.25, 0.3) is 0 Å². The standard InChI is InChI=1S/C11H13F2N3O2/c1-11(2,3)18-10(17)8(16-14)6-4-5-7(12)15-9(6)13/h4-5H,14H2,1-3H3/b16-8-. The van der Waals surface area contributed by atoms with E-state index in [1.807, 2.05) is 0 Å². The zero-order chi connectivity index (χ0) is 13.9. The van der Waals surface area contributed by atoms with Crippen molar-refractivity contribution in [2.75, 3.05) is 0 Å². The molecule has 0 aromatic carbocycles. The smallest absolute Gasteiger partial charge is 0.360 e. The molecule has 7 heteroatoms. The molecule has 0 fully saturated rings. The summed E-state index contributed by atoms with van der Waals surface area (Å²) in [6.07, 6.45) is 0. The van der Waals surface area contributed by atoms with Crippen LogP contribution in [0.5, 0.6) is 0 Å². The molecule has 0 aliphatic heterocycles. The summed E-state index contributed by atoms with van der Waals surface area (Å²) in [6, 6.07) is 1.92. The van der Waals surface area contributed by atoms with Crippen LogP contribution < -0.4 is 5.84 Å². The van der Waals surface area contributed by atoms with Gasteiger partial charge in [-0.05, 0) is 32.9 Å². The zero-order valence-electron chi connectivity index (χ0n) is 10.2. The number of carbonyl (C=O) groups is 1. The summed E-state index contributed by atoms with van der Waals surface area (Å²) in [5, 5.41) is 3.17. The fourth-order valence-corrected chi connectivity index (χ4v) is 1.15. The number of hydrogen-bond acceptors (Lipinski definition) is 5. The van der Waals surface area contributed by atoms with Crippen molar-refractivity contribution in [2.24, 2.45) is 10.9 Å². The molecule has 2 N–H and O–H groups in total. The highest BCUT2D eigenvalue weighted by atomic mass is 19.1. The largest absolute Gasteiger partial charge is 0.455 e. The van der Waals surface area contributed by atoms with Gasteiger partial charge < -0.3 is 10.6 Å². The van der Waals surface area contributed by atoms with Gasteiger partial charge in [-0.25, -0.2) is 4.79 Å². The van der Waals surface area contributed by atoms with Crippen LogP contribution in [0.15, 0.2) is 17.2 Å². The molecule has 1 aromatic rings. The van der Waals surface area contributed by atoms with Crippen molar-refractivity contribution < 1.29 is 18.3 Å². The van der Waals surface area contributed by atoms with Gasteiger partial charge in [-0.1, -0.05) is 0 Å². The minimum absolute atomic E-state index is 0.312. The Morgan fingerprint density at radius 2 is 2.00 bits per heavy atom. The van der Waals surface area contributed by atoms with E-state index in [9.17, 15) is 13.6 Å². The molecule has 0 unspecified atom stereocenters. The van der Waals surface area contributed by atoms with Crippen LogP contribution in [-0.4, -0.2) is 22.3 Å². The summed E-state index contributed by atoms with van der Waals surface area (Å²) in [5.41, 5.74) is -1.54. The Kier molecular flexibility index (Phi) is 3.95. The second-order valence-electron chi connectivity index (χ2n) is 4.45. The zero-order valence-corrected chi connectivity index (χ0v) is 10.2. The first-order valence-electron chi connectivity index (χ1n) is 5.08. The van der Waals surface area contributed by atoms with Crippen molar-refractivity contribution in [3.05, 3.63) is 29.6 Å². The first kappa shape index (κ1) is 14.0. The number of aromatic nitrogens is 1. The molecule has 0 saturated carbocycles. The Labute approximate surface area is 103 Å². The van der Waals surface area contributed by atoms with Gasteiger partial charge in [0.2, 0.25) is 11.9 Å². The Hall–Kier alpha value is -2.05. The summed E-state index contributed by atoms with van der Waals surface area (Å²) in [6.45, 7) is 4.91. The van der Waals surface area contributed by atoms with Gasteiger partial charge in [-0.2, -0.15) is 18.9 Å². The van der Waals surface area contributed by atoms with E-state index in [2.05, 4.69) is 10.1 Å². The summed E-state index contributed by atoms with van der Waals surface area (Å²) in [5.74, 6) is 1.95. The molecule has 0 aliphatic rings. The minimum atomic E-state index is -1.18. The van der Waals surface area contributed by atoms with Crippen LogP contribution in [0.1, 0.15) is 26.3 Å². The molecule has 98 valence electrons. The second kappa shape index (κ2) is 5.07. The topological polar surface area (TPSA) is 77.6 Å². The fourth-order valence-electron chi connectivity index (χ4n) is 1.15. The number of ether oxygens (including phenoxy) is 1. The molecule has 0 spiro atoms. The van der Waals surface area contributed by atoms with Crippen LogP contribution in [0.25, 0.3) is 0 Å². The fraction of sp³-hybridized carbons (Fsp3) is 0.364. The van der Waals surface area contributed by atoms with Crippen molar-refractivity contribution in [3.8, 4) is 0 Å². The average molecular weight is 257 g/mol. The number of rotatable bonds is 2. The third-order valence-electron chi connectivity index (χ3n) is 1.79. The summed E-state index contributed by atoms with van der Waals surface area (Å²) >= 11 is 0. The molecule has 1 rings (SSSR count). The van der Waals surface area contributed by atoms with Crippen LogP contribution in [0.3, 0.4) is 0 Å². The molecule has 0 aliphatic carbocycles. The van der Waals surface area contributed by atoms with E-state index in [1.54, 1.807) is 20.8 Å². The first-order valence-corrected chi connectivity index (χ1v) is 5.08. The Morgan fingerprint density at radius 1 is 1.39 bits per heavy atom. The monoisotopic (exact) mass is 257 g/mol. The molecule has 0 bridgehead atoms. The van der Waals surface area contributed by atoms with Crippen LogP contribution >= 0.6 is 0 Å². The van der Waals surface area contributed by atoms with Gasteiger partial charge in [-0.3, -0.25) is 0 Å². The summed E-state index contributed by atoms with van der Waals surface area (Å²) in [7, 11) is 0. The van der Waals surface area contributed by atoms with Crippen molar-refractivity contribution in [1.82, 2.24) is 4.98 Å². The Balaban J connectivity index is 3.08. The number of pyridine rings is 1. The van der Waals surface area contributed by atoms with E-state index in [0.29, 0.717) is 0 Å². The lowest BCUT2D eigenvalue weighted by Crippen LogP contribution is -2.30. The SMILES string of the molecule is CC(C)(C)OC(=O)/C(=N\N)c1ccc(F)nc1F. The van der Waals surface area contributed by atoms with Crippen molar-refractivity contribution in [3.63, 3.8) is 0 Å². The molecule has 5 nitrogen and oxygen atoms in total. The van der Waals surface area contributed by atoms with Crippen molar-refractivity contribution in [2.45, 2.75) is 26.4 Å². The van der Waals surface area contributed by atoms with E-state index in [-0.39, 0.29) is 5.56 Å². The predicted molar refractivity (Wildman–Crippen MR) is 60.7 cm³/mol. The second-order valence-corrected chi connectivity index (χ2v) is 4.45. The first-order chi connectivity index (χ1) is 8.24. The maximum Gasteiger partial charge on any atom is 0.360 e. The maximum absolute atomic E-state index is 13.4. The lowest BCUT2D eigenvalue weighted by atomic mass is 10.1.